The number of fused-ring (bicyclic) bond motifs is 6. The zero-order chi connectivity index (χ0) is 47.8. The summed E-state index contributed by atoms with van der Waals surface area (Å²) in [7, 11) is 0. The monoisotopic (exact) mass is 1520 g/mol. The van der Waals surface area contributed by atoms with E-state index in [2.05, 4.69) is 131 Å². The van der Waals surface area contributed by atoms with Gasteiger partial charge >= 0.3 is 0 Å². The molecule has 0 bridgehead atoms. The maximum absolute atomic E-state index is 4.49. The van der Waals surface area contributed by atoms with E-state index in [4.69, 9.17) is 0 Å². The van der Waals surface area contributed by atoms with Crippen LogP contribution < -0.4 is 29.4 Å². The molecule has 15 rings (SSSR count). The quantitative estimate of drug-likeness (QED) is 0.147. The summed E-state index contributed by atoms with van der Waals surface area (Å²) in [5, 5.41) is 0. The van der Waals surface area contributed by atoms with Crippen molar-refractivity contribution in [3.05, 3.63) is 215 Å². The Morgan fingerprint density at radius 3 is 1.08 bits per heavy atom. The molecule has 0 unspecified atom stereocenters. The summed E-state index contributed by atoms with van der Waals surface area (Å²) in [6, 6.07) is 18.4. The van der Waals surface area contributed by atoms with Gasteiger partial charge in [0.15, 0.2) is 0 Å². The number of hydrogen-bond donors (Lipinski definition) is 0. The van der Waals surface area contributed by atoms with Gasteiger partial charge in [0.2, 0.25) is 0 Å². The third-order valence-electron chi connectivity index (χ3n) is 12.6. The van der Waals surface area contributed by atoms with Crippen molar-refractivity contribution >= 4 is 68.8 Å². The van der Waals surface area contributed by atoms with Gasteiger partial charge in [0, 0.05) is 119 Å². The molecule has 6 aliphatic rings. The molecule has 9 aromatic rings. The summed E-state index contributed by atoms with van der Waals surface area (Å²) in [6.07, 6.45) is 32.8. The first-order valence-corrected chi connectivity index (χ1v) is 23.1. The van der Waals surface area contributed by atoms with Crippen LogP contribution in [0.1, 0.15) is 33.9 Å². The largest absolute Gasteiger partial charge is 0.510 e. The Hall–Kier alpha value is -7.22. The van der Waals surface area contributed by atoms with E-state index in [9.17, 15) is 0 Å². The Morgan fingerprint density at radius 1 is 0.320 bits per heavy atom. The molecule has 15 heterocycles. The van der Waals surface area contributed by atoms with Crippen LogP contribution in [-0.2, 0) is 97.9 Å². The van der Waals surface area contributed by atoms with Gasteiger partial charge in [-0.15, -0.1) is 56.7 Å². The van der Waals surface area contributed by atoms with Crippen LogP contribution in [0.15, 0.2) is 124 Å². The van der Waals surface area contributed by atoms with Crippen molar-refractivity contribution in [1.82, 2.24) is 64.8 Å². The summed E-state index contributed by atoms with van der Waals surface area (Å²) in [6.45, 7) is 12.5. The number of anilines is 12. The van der Waals surface area contributed by atoms with Gasteiger partial charge in [-0.3, -0.25) is 9.97 Å². The fourth-order valence-electron chi connectivity index (χ4n) is 9.23. The van der Waals surface area contributed by atoms with Crippen LogP contribution in [0.3, 0.4) is 0 Å². The standard InChI is InChI=1S/C19H14N5.2C17H12N7.3Os/c1-3-14-5-9-23(18(14)21-7-1)16-11-17(13-20-12-16)24-10-6-15-4-2-8-22-19(15)24;1-7-23(16-14(1)19-3-5-21-16)12-9-13(11-18-10-12)24-8-2-15-17(24)22-6-4-20-15;1-3-23(16-8-19-10-21-14(1)16)12-5-13(7-18-6-12)24-4-2-15-17(24)9-20-11-22-15;;;/h1-4,7-10,12-13H,5-6H2;3-8,10-11H,1-2H2;3-4,6-11H,1-2H2;;;/q3*-3;;;. The summed E-state index contributed by atoms with van der Waals surface area (Å²) < 4.78 is 0. The van der Waals surface area contributed by atoms with Crippen LogP contribution in [0.4, 0.5) is 68.8 Å². The zero-order valence-corrected chi connectivity index (χ0v) is 46.9. The smallest absolute Gasteiger partial charge is 0.121 e. The molecule has 0 amide bonds. The third kappa shape index (κ3) is 10.1. The number of rotatable bonds is 6. The molecule has 75 heavy (non-hydrogen) atoms. The topological polar surface area (TPSA) is 187 Å². The SMILES string of the molecule is [Os].[Os].[Os].[c-]1c(N2[CH-]Cc3cccnc32)cncc1N1[CH-]Cc2cccnc21.[c-]1c(N2[CH-]Cc3nccnc32)cncc1N1[CH-]Cc2nccnc21.[c-]1c(N2[CH-]Cc3ncncc32)cncc1N1[CH-]Cc2ncncc21. The van der Waals surface area contributed by atoms with E-state index in [-0.39, 0.29) is 59.4 Å². The Morgan fingerprint density at radius 2 is 0.653 bits per heavy atom. The minimum absolute atomic E-state index is 0. The van der Waals surface area contributed by atoms with E-state index in [0.717, 1.165) is 130 Å². The van der Waals surface area contributed by atoms with E-state index < -0.39 is 0 Å². The summed E-state index contributed by atoms with van der Waals surface area (Å²) in [5.41, 5.74) is 13.5. The molecule has 0 N–H and O–H groups in total. The van der Waals surface area contributed by atoms with Gasteiger partial charge in [0.05, 0.1) is 23.8 Å². The summed E-state index contributed by atoms with van der Waals surface area (Å²) in [5.74, 6) is 3.57. The van der Waals surface area contributed by atoms with Crippen LogP contribution >= 0.6 is 0 Å². The van der Waals surface area contributed by atoms with Crippen LogP contribution in [0.25, 0.3) is 0 Å². The van der Waals surface area contributed by atoms with Crippen molar-refractivity contribution in [3.8, 4) is 0 Å². The molecule has 0 fully saturated rings. The van der Waals surface area contributed by atoms with Gasteiger partial charge in [-0.1, -0.05) is 83.4 Å². The van der Waals surface area contributed by atoms with Crippen molar-refractivity contribution in [2.45, 2.75) is 38.5 Å². The average Bonchev–Trinajstić information content (AvgIpc) is 4.33. The fourth-order valence-corrected chi connectivity index (χ4v) is 9.23. The molecule has 9 aromatic heterocycles. The minimum Gasteiger partial charge on any atom is -0.510 e. The molecular weight excluding hydrogens is 1470 g/mol. The maximum atomic E-state index is 4.49. The first-order chi connectivity index (χ1) is 35.7. The van der Waals surface area contributed by atoms with Crippen molar-refractivity contribution in [2.75, 3.05) is 29.4 Å². The van der Waals surface area contributed by atoms with Crippen molar-refractivity contribution < 1.29 is 59.4 Å². The molecule has 0 aliphatic carbocycles. The predicted octanol–water partition coefficient (Wildman–Crippen LogP) is 7.72. The first-order valence-electron chi connectivity index (χ1n) is 23.1. The van der Waals surface area contributed by atoms with Gasteiger partial charge in [0.25, 0.3) is 0 Å². The molecule has 0 saturated heterocycles. The summed E-state index contributed by atoms with van der Waals surface area (Å²) in [4.78, 5) is 68.7. The van der Waals surface area contributed by atoms with Crippen LogP contribution in [0, 0.1) is 57.5 Å². The maximum Gasteiger partial charge on any atom is 0.121 e. The second-order valence-corrected chi connectivity index (χ2v) is 16.8. The van der Waals surface area contributed by atoms with E-state index in [1.165, 1.54) is 11.1 Å². The van der Waals surface area contributed by atoms with Gasteiger partial charge in [-0.05, 0) is 23.3 Å². The Kier molecular flexibility index (Phi) is 15.5. The molecule has 22 heteroatoms. The Balaban J connectivity index is 0.000000126. The van der Waals surface area contributed by atoms with E-state index in [1.54, 1.807) is 62.2 Å². The molecule has 0 aromatic carbocycles. The van der Waals surface area contributed by atoms with E-state index in [0.29, 0.717) is 0 Å². The zero-order valence-electron chi connectivity index (χ0n) is 39.3. The molecule has 6 aliphatic heterocycles. The van der Waals surface area contributed by atoms with Crippen LogP contribution in [0.2, 0.25) is 0 Å². The van der Waals surface area contributed by atoms with Crippen LogP contribution in [0.5, 0.6) is 0 Å². The Bertz CT molecular complexity index is 2890. The summed E-state index contributed by atoms with van der Waals surface area (Å²) >= 11 is 0. The number of nitrogens with zero attached hydrogens (tertiary/aromatic N) is 19. The average molecular weight is 1510 g/mol. The van der Waals surface area contributed by atoms with Gasteiger partial charge in [-0.2, -0.15) is 0 Å². The van der Waals surface area contributed by atoms with Crippen LogP contribution in [-0.4, -0.2) is 64.8 Å². The molecule has 0 radical (unpaired) electrons. The molecule has 0 atom stereocenters. The second kappa shape index (κ2) is 22.7. The normalized spacial score (nSPS) is 14.9. The predicted molar refractivity (Wildman–Crippen MR) is 267 cm³/mol. The first kappa shape index (κ1) is 51.3. The van der Waals surface area contributed by atoms with Gasteiger partial charge in [0.1, 0.15) is 35.9 Å². The van der Waals surface area contributed by atoms with Gasteiger partial charge < -0.3 is 44.4 Å². The fraction of sp³-hybridized carbons (Fsp3) is 0.113. The third-order valence-corrected chi connectivity index (χ3v) is 12.6. The number of pyridine rings is 5. The molecular formula is C53H38N19Os3-9. The molecule has 19 nitrogen and oxygen atoms in total. The van der Waals surface area contributed by atoms with E-state index in [1.807, 2.05) is 82.0 Å². The molecule has 378 valence electrons. The second-order valence-electron chi connectivity index (χ2n) is 16.8. The van der Waals surface area contributed by atoms with E-state index >= 15 is 0 Å². The molecule has 0 spiro atoms. The van der Waals surface area contributed by atoms with Crippen molar-refractivity contribution in [3.63, 3.8) is 0 Å². The number of hydrogen-bond acceptors (Lipinski definition) is 19. The minimum atomic E-state index is 0. The van der Waals surface area contributed by atoms with Crippen molar-refractivity contribution in [2.24, 2.45) is 0 Å². The van der Waals surface area contributed by atoms with Gasteiger partial charge in [-0.25, -0.2) is 79.1 Å². The number of aromatic nitrogens is 13. The molecule has 0 saturated carbocycles. The Labute approximate surface area is 472 Å². The van der Waals surface area contributed by atoms with Crippen molar-refractivity contribution in [1.29, 1.82) is 0 Å².